The van der Waals surface area contributed by atoms with Crippen LogP contribution in [0, 0.1) is 11.6 Å². The van der Waals surface area contributed by atoms with Crippen molar-refractivity contribution in [3.05, 3.63) is 113 Å². The van der Waals surface area contributed by atoms with Crippen LogP contribution >= 0.6 is 0 Å². The lowest BCUT2D eigenvalue weighted by Crippen LogP contribution is -2.46. The first-order valence-electron chi connectivity index (χ1n) is 12.0. The SMILES string of the molecule is Fc1ccc(C(OCCCN2CCN(C/C=C/c3ccccc3)CC2)c2ccc(F)cc2)cc1. The quantitative estimate of drug-likeness (QED) is 0.355. The van der Waals surface area contributed by atoms with E-state index in [1.165, 1.54) is 29.8 Å². The summed E-state index contributed by atoms with van der Waals surface area (Å²) in [5.41, 5.74) is 2.97. The van der Waals surface area contributed by atoms with Crippen LogP contribution in [-0.2, 0) is 4.74 Å². The zero-order chi connectivity index (χ0) is 23.6. The van der Waals surface area contributed by atoms with Gasteiger partial charge in [-0.15, -0.1) is 0 Å². The van der Waals surface area contributed by atoms with Crippen LogP contribution in [0.25, 0.3) is 6.08 Å². The Balaban J connectivity index is 1.21. The van der Waals surface area contributed by atoms with Gasteiger partial charge in [0.25, 0.3) is 0 Å². The van der Waals surface area contributed by atoms with E-state index < -0.39 is 0 Å². The minimum atomic E-state index is -0.338. The third kappa shape index (κ3) is 7.32. The number of ether oxygens (including phenoxy) is 1. The van der Waals surface area contributed by atoms with Gasteiger partial charge >= 0.3 is 0 Å². The van der Waals surface area contributed by atoms with E-state index in [4.69, 9.17) is 4.74 Å². The van der Waals surface area contributed by atoms with Crippen LogP contribution in [0.15, 0.2) is 84.9 Å². The fraction of sp³-hybridized carbons (Fsp3) is 0.310. The molecule has 178 valence electrons. The molecule has 0 unspecified atom stereocenters. The van der Waals surface area contributed by atoms with E-state index in [9.17, 15) is 8.78 Å². The highest BCUT2D eigenvalue weighted by atomic mass is 19.1. The molecule has 4 rings (SSSR count). The average Bonchev–Trinajstić information content (AvgIpc) is 2.87. The van der Waals surface area contributed by atoms with Crippen LogP contribution in [0.4, 0.5) is 8.78 Å². The predicted molar refractivity (Wildman–Crippen MR) is 134 cm³/mol. The summed E-state index contributed by atoms with van der Waals surface area (Å²) < 4.78 is 33.0. The predicted octanol–water partition coefficient (Wildman–Crippen LogP) is 5.79. The van der Waals surface area contributed by atoms with Gasteiger partial charge in [-0.3, -0.25) is 4.90 Å². The second-order valence-corrected chi connectivity index (χ2v) is 8.66. The molecule has 1 fully saturated rings. The van der Waals surface area contributed by atoms with Crippen molar-refractivity contribution in [2.75, 3.05) is 45.9 Å². The highest BCUT2D eigenvalue weighted by molar-refractivity contribution is 5.48. The second-order valence-electron chi connectivity index (χ2n) is 8.66. The van der Waals surface area contributed by atoms with E-state index in [0.717, 1.165) is 56.8 Å². The molecular weight excluding hydrogens is 430 g/mol. The second kappa shape index (κ2) is 12.6. The molecule has 0 N–H and O–H groups in total. The summed E-state index contributed by atoms with van der Waals surface area (Å²) in [6.45, 7) is 6.77. The Bertz CT molecular complexity index is 969. The fourth-order valence-electron chi connectivity index (χ4n) is 4.25. The normalized spacial score (nSPS) is 15.4. The molecule has 1 aliphatic rings. The Kier molecular flexibility index (Phi) is 8.97. The molecule has 0 saturated carbocycles. The summed E-state index contributed by atoms with van der Waals surface area (Å²) in [6.07, 6.45) is 4.99. The lowest BCUT2D eigenvalue weighted by molar-refractivity contribution is 0.0654. The Morgan fingerprint density at radius 2 is 1.29 bits per heavy atom. The summed E-state index contributed by atoms with van der Waals surface area (Å²) in [4.78, 5) is 4.96. The highest BCUT2D eigenvalue weighted by Crippen LogP contribution is 2.26. The Morgan fingerprint density at radius 1 is 0.735 bits per heavy atom. The minimum absolute atomic E-state index is 0.281. The molecule has 0 amide bonds. The molecule has 3 aromatic carbocycles. The number of rotatable bonds is 10. The first-order chi connectivity index (χ1) is 16.7. The number of halogens is 2. The summed E-state index contributed by atoms with van der Waals surface area (Å²) in [5, 5.41) is 0. The maximum Gasteiger partial charge on any atom is 0.123 e. The number of hydrogen-bond donors (Lipinski definition) is 0. The van der Waals surface area contributed by atoms with Gasteiger partial charge in [-0.2, -0.15) is 0 Å². The van der Waals surface area contributed by atoms with Crippen LogP contribution < -0.4 is 0 Å². The number of piperazine rings is 1. The maximum atomic E-state index is 13.4. The van der Waals surface area contributed by atoms with E-state index >= 15 is 0 Å². The zero-order valence-corrected chi connectivity index (χ0v) is 19.5. The van der Waals surface area contributed by atoms with Crippen molar-refractivity contribution in [1.29, 1.82) is 0 Å². The van der Waals surface area contributed by atoms with Crippen molar-refractivity contribution in [3.8, 4) is 0 Å². The summed E-state index contributed by atoms with van der Waals surface area (Å²) >= 11 is 0. The molecule has 34 heavy (non-hydrogen) atoms. The van der Waals surface area contributed by atoms with Crippen LogP contribution in [0.2, 0.25) is 0 Å². The lowest BCUT2D eigenvalue weighted by Gasteiger charge is -2.34. The van der Waals surface area contributed by atoms with Crippen molar-refractivity contribution < 1.29 is 13.5 Å². The Morgan fingerprint density at radius 3 is 1.88 bits per heavy atom. The van der Waals surface area contributed by atoms with Crippen molar-refractivity contribution in [2.24, 2.45) is 0 Å². The molecule has 0 aliphatic carbocycles. The topological polar surface area (TPSA) is 15.7 Å². The van der Waals surface area contributed by atoms with Crippen molar-refractivity contribution >= 4 is 6.08 Å². The van der Waals surface area contributed by atoms with Gasteiger partial charge in [-0.25, -0.2) is 8.78 Å². The van der Waals surface area contributed by atoms with Crippen LogP contribution in [0.5, 0.6) is 0 Å². The molecule has 0 bridgehead atoms. The van der Waals surface area contributed by atoms with Gasteiger partial charge in [0.15, 0.2) is 0 Å². The molecule has 0 atom stereocenters. The van der Waals surface area contributed by atoms with Crippen LogP contribution in [-0.4, -0.2) is 55.7 Å². The molecule has 3 nitrogen and oxygen atoms in total. The molecule has 0 spiro atoms. The molecule has 0 aromatic heterocycles. The summed E-state index contributed by atoms with van der Waals surface area (Å²) in [6, 6.07) is 23.1. The van der Waals surface area contributed by atoms with Crippen LogP contribution in [0.1, 0.15) is 29.2 Å². The van der Waals surface area contributed by atoms with Gasteiger partial charge in [0, 0.05) is 45.9 Å². The standard InChI is InChI=1S/C29H32F2N2O/c30-27-13-9-25(10-14-27)29(26-11-15-28(31)16-12-26)34-23-5-18-33-21-19-32(20-22-33)17-4-8-24-6-2-1-3-7-24/h1-4,6-16,29H,5,17-23H2/b8-4+. The monoisotopic (exact) mass is 462 g/mol. The van der Waals surface area contributed by atoms with Crippen molar-refractivity contribution in [2.45, 2.75) is 12.5 Å². The number of hydrogen-bond acceptors (Lipinski definition) is 3. The van der Waals surface area contributed by atoms with Crippen molar-refractivity contribution in [3.63, 3.8) is 0 Å². The summed E-state index contributed by atoms with van der Waals surface area (Å²) in [7, 11) is 0. The number of nitrogens with zero attached hydrogens (tertiary/aromatic N) is 2. The van der Waals surface area contributed by atoms with Gasteiger partial charge in [0.1, 0.15) is 17.7 Å². The van der Waals surface area contributed by atoms with E-state index in [1.807, 2.05) is 6.07 Å². The first-order valence-corrected chi connectivity index (χ1v) is 12.0. The molecule has 1 heterocycles. The number of benzene rings is 3. The van der Waals surface area contributed by atoms with Gasteiger partial charge < -0.3 is 9.64 Å². The minimum Gasteiger partial charge on any atom is -0.369 e. The van der Waals surface area contributed by atoms with Gasteiger partial charge in [0.05, 0.1) is 0 Å². The van der Waals surface area contributed by atoms with Gasteiger partial charge in [0.2, 0.25) is 0 Å². The average molecular weight is 463 g/mol. The fourth-order valence-corrected chi connectivity index (χ4v) is 4.25. The Labute approximate surface area is 201 Å². The first kappa shape index (κ1) is 24.3. The van der Waals surface area contributed by atoms with Gasteiger partial charge in [-0.1, -0.05) is 66.7 Å². The van der Waals surface area contributed by atoms with Crippen molar-refractivity contribution in [1.82, 2.24) is 9.80 Å². The molecule has 3 aromatic rings. The molecule has 1 aliphatic heterocycles. The lowest BCUT2D eigenvalue weighted by atomic mass is 10.0. The third-order valence-electron chi connectivity index (χ3n) is 6.19. The molecule has 0 radical (unpaired) electrons. The molecular formula is C29H32F2N2O. The third-order valence-corrected chi connectivity index (χ3v) is 6.19. The van der Waals surface area contributed by atoms with E-state index in [1.54, 1.807) is 24.3 Å². The molecule has 1 saturated heterocycles. The summed E-state index contributed by atoms with van der Waals surface area (Å²) in [5.74, 6) is -0.562. The highest BCUT2D eigenvalue weighted by Gasteiger charge is 2.17. The largest absolute Gasteiger partial charge is 0.369 e. The van der Waals surface area contributed by atoms with Crippen LogP contribution in [0.3, 0.4) is 0 Å². The zero-order valence-electron chi connectivity index (χ0n) is 19.5. The van der Waals surface area contributed by atoms with E-state index in [-0.39, 0.29) is 17.7 Å². The van der Waals surface area contributed by atoms with E-state index in [2.05, 4.69) is 46.2 Å². The maximum absolute atomic E-state index is 13.4. The Hall–Kier alpha value is -2.86. The van der Waals surface area contributed by atoms with Gasteiger partial charge in [-0.05, 0) is 47.4 Å². The smallest absolute Gasteiger partial charge is 0.123 e. The van der Waals surface area contributed by atoms with E-state index in [0.29, 0.717) is 6.61 Å². The molecule has 5 heteroatoms.